The number of benzene rings is 1. The molecule has 0 radical (unpaired) electrons. The first-order valence-electron chi connectivity index (χ1n) is 7.12. The average Bonchev–Trinajstić information content (AvgIpc) is 2.88. The predicted octanol–water partition coefficient (Wildman–Crippen LogP) is 2.10. The van der Waals surface area contributed by atoms with E-state index in [9.17, 15) is 9.18 Å². The molecule has 0 aliphatic rings. The van der Waals surface area contributed by atoms with Gasteiger partial charge in [-0.05, 0) is 29.7 Å². The number of halogens is 1. The van der Waals surface area contributed by atoms with Gasteiger partial charge in [-0.25, -0.2) is 4.39 Å². The molecule has 1 amide bonds. The van der Waals surface area contributed by atoms with Crippen LogP contribution in [0.1, 0.15) is 47.1 Å². The molecular formula is C16H20FN3O2. The van der Waals surface area contributed by atoms with Crippen LogP contribution < -0.4 is 5.32 Å². The molecule has 2 rings (SSSR count). The summed E-state index contributed by atoms with van der Waals surface area (Å²) in [7, 11) is 1.81. The summed E-state index contributed by atoms with van der Waals surface area (Å²) in [6, 6.07) is 6.16. The molecule has 0 spiro atoms. The molecule has 0 bridgehead atoms. The molecule has 0 saturated carbocycles. The number of aliphatic hydroxyl groups is 1. The second-order valence-corrected chi connectivity index (χ2v) is 5.50. The topological polar surface area (TPSA) is 67.2 Å². The minimum absolute atomic E-state index is 0.215. The van der Waals surface area contributed by atoms with E-state index in [0.29, 0.717) is 5.69 Å². The van der Waals surface area contributed by atoms with Gasteiger partial charge in [0.15, 0.2) is 0 Å². The van der Waals surface area contributed by atoms with Gasteiger partial charge < -0.3 is 10.4 Å². The minimum Gasteiger partial charge on any atom is -0.392 e. The largest absolute Gasteiger partial charge is 0.392 e. The zero-order chi connectivity index (χ0) is 16.3. The number of hydrogen-bond donors (Lipinski definition) is 2. The summed E-state index contributed by atoms with van der Waals surface area (Å²) in [5.74, 6) is -0.454. The Bertz CT molecular complexity index is 680. The molecule has 6 heteroatoms. The number of amides is 1. The van der Waals surface area contributed by atoms with Crippen LogP contribution in [0.4, 0.5) is 4.39 Å². The number of aliphatic hydroxyl groups excluding tert-OH is 1. The highest BCUT2D eigenvalue weighted by Crippen LogP contribution is 2.15. The molecule has 5 nitrogen and oxygen atoms in total. The number of nitrogens with zero attached hydrogens (tertiary/aromatic N) is 2. The quantitative estimate of drug-likeness (QED) is 0.889. The Morgan fingerprint density at radius 2 is 2.14 bits per heavy atom. The van der Waals surface area contributed by atoms with Crippen LogP contribution >= 0.6 is 0 Å². The van der Waals surface area contributed by atoms with Crippen LogP contribution in [0.3, 0.4) is 0 Å². The molecule has 0 unspecified atom stereocenters. The lowest BCUT2D eigenvalue weighted by Crippen LogP contribution is -2.23. The number of rotatable bonds is 5. The normalized spacial score (nSPS) is 11.0. The van der Waals surface area contributed by atoms with Crippen LogP contribution in [-0.2, 0) is 20.2 Å². The Morgan fingerprint density at radius 1 is 1.41 bits per heavy atom. The standard InChI is InChI=1S/C16H20FN3O2/c1-10(2)15-7-14(19-20(15)3)16(22)18-8-11-4-5-13(17)12(6-11)9-21/h4-7,10,21H,8-9H2,1-3H3,(H,18,22). The third-order valence-electron chi connectivity index (χ3n) is 3.47. The smallest absolute Gasteiger partial charge is 0.272 e. The van der Waals surface area contributed by atoms with E-state index in [1.807, 2.05) is 13.8 Å². The van der Waals surface area contributed by atoms with Crippen molar-refractivity contribution in [2.75, 3.05) is 0 Å². The highest BCUT2D eigenvalue weighted by atomic mass is 19.1. The van der Waals surface area contributed by atoms with Gasteiger partial charge in [0.2, 0.25) is 0 Å². The Balaban J connectivity index is 2.05. The van der Waals surface area contributed by atoms with Crippen LogP contribution in [0.25, 0.3) is 0 Å². The Labute approximate surface area is 128 Å². The second-order valence-electron chi connectivity index (χ2n) is 5.50. The fourth-order valence-electron chi connectivity index (χ4n) is 2.27. The first kappa shape index (κ1) is 16.2. The lowest BCUT2D eigenvalue weighted by Gasteiger charge is -2.06. The number of nitrogens with one attached hydrogen (secondary N) is 1. The first-order valence-corrected chi connectivity index (χ1v) is 7.12. The molecule has 0 fully saturated rings. The molecule has 0 saturated heterocycles. The highest BCUT2D eigenvalue weighted by molar-refractivity contribution is 5.92. The fraction of sp³-hybridized carbons (Fsp3) is 0.375. The van der Waals surface area contributed by atoms with E-state index in [1.54, 1.807) is 23.9 Å². The maximum Gasteiger partial charge on any atom is 0.272 e. The van der Waals surface area contributed by atoms with Crippen LogP contribution in [0.15, 0.2) is 24.3 Å². The molecular weight excluding hydrogens is 285 g/mol. The monoisotopic (exact) mass is 305 g/mol. The molecule has 118 valence electrons. The molecule has 2 N–H and O–H groups in total. The fourth-order valence-corrected chi connectivity index (χ4v) is 2.27. The molecule has 22 heavy (non-hydrogen) atoms. The summed E-state index contributed by atoms with van der Waals surface area (Å²) in [4.78, 5) is 12.1. The summed E-state index contributed by atoms with van der Waals surface area (Å²) >= 11 is 0. The second kappa shape index (κ2) is 6.70. The molecule has 1 aromatic carbocycles. The van der Waals surface area contributed by atoms with E-state index in [1.165, 1.54) is 12.1 Å². The van der Waals surface area contributed by atoms with Crippen molar-refractivity contribution in [3.63, 3.8) is 0 Å². The number of aryl methyl sites for hydroxylation is 1. The average molecular weight is 305 g/mol. The Kier molecular flexibility index (Phi) is 4.92. The molecule has 1 aromatic heterocycles. The van der Waals surface area contributed by atoms with Gasteiger partial charge in [-0.15, -0.1) is 0 Å². The summed E-state index contributed by atoms with van der Waals surface area (Å²) < 4.78 is 15.0. The van der Waals surface area contributed by atoms with E-state index >= 15 is 0 Å². The van der Waals surface area contributed by atoms with Crippen molar-refractivity contribution >= 4 is 5.91 Å². The van der Waals surface area contributed by atoms with Gasteiger partial charge in [-0.2, -0.15) is 5.10 Å². The first-order chi connectivity index (χ1) is 10.4. The number of carbonyl (C=O) groups excluding carboxylic acids is 1. The SMILES string of the molecule is CC(C)c1cc(C(=O)NCc2ccc(F)c(CO)c2)nn1C. The summed E-state index contributed by atoms with van der Waals surface area (Å²) in [6.07, 6.45) is 0. The highest BCUT2D eigenvalue weighted by Gasteiger charge is 2.14. The maximum absolute atomic E-state index is 13.3. The molecule has 2 aromatic rings. The predicted molar refractivity (Wildman–Crippen MR) is 80.8 cm³/mol. The molecule has 0 aliphatic carbocycles. The van der Waals surface area contributed by atoms with E-state index in [4.69, 9.17) is 5.11 Å². The number of carbonyl (C=O) groups is 1. The summed E-state index contributed by atoms with van der Waals surface area (Å²) in [6.45, 7) is 3.95. The van der Waals surface area contributed by atoms with Crippen molar-refractivity contribution in [1.82, 2.24) is 15.1 Å². The van der Waals surface area contributed by atoms with Gasteiger partial charge in [-0.3, -0.25) is 9.48 Å². The van der Waals surface area contributed by atoms with E-state index < -0.39 is 5.82 Å². The van der Waals surface area contributed by atoms with Crippen molar-refractivity contribution in [1.29, 1.82) is 0 Å². The van der Waals surface area contributed by atoms with Gasteiger partial charge in [0, 0.05) is 24.8 Å². The summed E-state index contributed by atoms with van der Waals surface area (Å²) in [5.41, 5.74) is 2.27. The van der Waals surface area contributed by atoms with Crippen LogP contribution in [0, 0.1) is 5.82 Å². The zero-order valence-electron chi connectivity index (χ0n) is 12.9. The zero-order valence-corrected chi connectivity index (χ0v) is 12.9. The minimum atomic E-state index is -0.455. The molecule has 0 atom stereocenters. The maximum atomic E-state index is 13.3. The van der Waals surface area contributed by atoms with Crippen molar-refractivity contribution in [3.8, 4) is 0 Å². The van der Waals surface area contributed by atoms with E-state index in [-0.39, 0.29) is 30.5 Å². The van der Waals surface area contributed by atoms with Crippen LogP contribution in [0.5, 0.6) is 0 Å². The summed E-state index contributed by atoms with van der Waals surface area (Å²) in [5, 5.41) is 16.0. The third-order valence-corrected chi connectivity index (χ3v) is 3.47. The van der Waals surface area contributed by atoms with Crippen molar-refractivity contribution in [2.24, 2.45) is 7.05 Å². The van der Waals surface area contributed by atoms with Gasteiger partial charge in [0.25, 0.3) is 5.91 Å². The van der Waals surface area contributed by atoms with Crippen molar-refractivity contribution in [3.05, 3.63) is 52.6 Å². The van der Waals surface area contributed by atoms with Gasteiger partial charge in [0.1, 0.15) is 11.5 Å². The van der Waals surface area contributed by atoms with E-state index in [0.717, 1.165) is 11.3 Å². The van der Waals surface area contributed by atoms with Crippen LogP contribution in [0.2, 0.25) is 0 Å². The molecule has 1 heterocycles. The Hall–Kier alpha value is -2.21. The molecule has 0 aliphatic heterocycles. The lowest BCUT2D eigenvalue weighted by molar-refractivity contribution is 0.0945. The van der Waals surface area contributed by atoms with Gasteiger partial charge >= 0.3 is 0 Å². The van der Waals surface area contributed by atoms with Gasteiger partial charge in [0.05, 0.1) is 6.61 Å². The lowest BCUT2D eigenvalue weighted by atomic mass is 10.1. The van der Waals surface area contributed by atoms with Crippen molar-refractivity contribution in [2.45, 2.75) is 32.9 Å². The Morgan fingerprint density at radius 3 is 2.73 bits per heavy atom. The van der Waals surface area contributed by atoms with Crippen molar-refractivity contribution < 1.29 is 14.3 Å². The van der Waals surface area contributed by atoms with Gasteiger partial charge in [-0.1, -0.05) is 19.9 Å². The number of aromatic nitrogens is 2. The number of hydrogen-bond acceptors (Lipinski definition) is 3. The van der Waals surface area contributed by atoms with Crippen LogP contribution in [-0.4, -0.2) is 20.8 Å². The third kappa shape index (κ3) is 3.51. The van der Waals surface area contributed by atoms with E-state index in [2.05, 4.69) is 10.4 Å².